The Hall–Kier alpha value is -1.56. The predicted octanol–water partition coefficient (Wildman–Crippen LogP) is 2.43. The van der Waals surface area contributed by atoms with Crippen molar-refractivity contribution in [3.05, 3.63) is 29.3 Å². The largest absolute Gasteiger partial charge is 0.490 e. The van der Waals surface area contributed by atoms with Crippen molar-refractivity contribution in [1.29, 1.82) is 0 Å². The zero-order valence-corrected chi connectivity index (χ0v) is 13.0. The van der Waals surface area contributed by atoms with Crippen LogP contribution in [0.1, 0.15) is 41.6 Å². The van der Waals surface area contributed by atoms with Gasteiger partial charge >= 0.3 is 5.97 Å². The summed E-state index contributed by atoms with van der Waals surface area (Å²) in [5.74, 6) is -0.480. The van der Waals surface area contributed by atoms with Crippen LogP contribution in [0.4, 0.5) is 0 Å². The van der Waals surface area contributed by atoms with Gasteiger partial charge in [-0.1, -0.05) is 6.07 Å². The van der Waals surface area contributed by atoms with Crippen LogP contribution in [0.25, 0.3) is 0 Å². The van der Waals surface area contributed by atoms with Crippen LogP contribution >= 0.6 is 0 Å². The highest BCUT2D eigenvalue weighted by molar-refractivity contribution is 7.91. The number of rotatable bonds is 4. The molecule has 1 saturated carbocycles. The number of hydrogen-bond donors (Lipinski definition) is 1. The third kappa shape index (κ3) is 3.97. The van der Waals surface area contributed by atoms with E-state index in [0.717, 1.165) is 18.4 Å². The number of ether oxygens (including phenoxy) is 1. The van der Waals surface area contributed by atoms with E-state index in [2.05, 4.69) is 0 Å². The molecule has 0 aromatic heterocycles. The molecule has 21 heavy (non-hydrogen) atoms. The van der Waals surface area contributed by atoms with Crippen LogP contribution in [0, 0.1) is 6.92 Å². The lowest BCUT2D eigenvalue weighted by Crippen LogP contribution is -2.33. The Morgan fingerprint density at radius 1 is 1.33 bits per heavy atom. The molecular weight excluding hydrogens is 292 g/mol. The van der Waals surface area contributed by atoms with E-state index in [4.69, 9.17) is 9.84 Å². The second-order valence-electron chi connectivity index (χ2n) is 5.64. The molecule has 1 fully saturated rings. The van der Waals surface area contributed by atoms with E-state index in [1.165, 1.54) is 18.4 Å². The third-order valence-electron chi connectivity index (χ3n) is 3.91. The molecule has 1 aromatic carbocycles. The van der Waals surface area contributed by atoms with Gasteiger partial charge in [0.1, 0.15) is 15.6 Å². The van der Waals surface area contributed by atoms with Crippen molar-refractivity contribution >= 4 is 15.8 Å². The van der Waals surface area contributed by atoms with Crippen LogP contribution in [0.15, 0.2) is 18.2 Å². The SMILES string of the molecule is Cc1ccc(C(=O)O)cc1OC1CCCC(S(C)(=O)=O)C1. The standard InChI is InChI=1S/C15H20O5S/c1-10-6-7-11(15(16)17)8-14(10)20-12-4-3-5-13(9-12)21(2,18)19/h6-8,12-13H,3-5,9H2,1-2H3,(H,16,17). The molecule has 0 saturated heterocycles. The summed E-state index contributed by atoms with van der Waals surface area (Å²) < 4.78 is 29.2. The normalized spacial score (nSPS) is 22.8. The van der Waals surface area contributed by atoms with Crippen molar-refractivity contribution in [1.82, 2.24) is 0 Å². The highest BCUT2D eigenvalue weighted by Gasteiger charge is 2.30. The summed E-state index contributed by atoms with van der Waals surface area (Å²) in [6, 6.07) is 4.74. The van der Waals surface area contributed by atoms with E-state index in [9.17, 15) is 13.2 Å². The zero-order chi connectivity index (χ0) is 15.6. The van der Waals surface area contributed by atoms with E-state index in [1.807, 2.05) is 6.92 Å². The van der Waals surface area contributed by atoms with E-state index in [1.54, 1.807) is 6.07 Å². The Balaban J connectivity index is 2.14. The van der Waals surface area contributed by atoms with Crippen molar-refractivity contribution in [2.75, 3.05) is 6.26 Å². The number of sulfone groups is 1. The fraction of sp³-hybridized carbons (Fsp3) is 0.533. The van der Waals surface area contributed by atoms with E-state index in [-0.39, 0.29) is 16.9 Å². The van der Waals surface area contributed by atoms with Gasteiger partial charge in [0.15, 0.2) is 0 Å². The molecule has 1 N–H and O–H groups in total. The first-order valence-corrected chi connectivity index (χ1v) is 8.92. The quantitative estimate of drug-likeness (QED) is 0.923. The lowest BCUT2D eigenvalue weighted by Gasteiger charge is -2.29. The fourth-order valence-electron chi connectivity index (χ4n) is 2.64. The number of carboxylic acids is 1. The van der Waals surface area contributed by atoms with Gasteiger partial charge in [-0.25, -0.2) is 13.2 Å². The number of aryl methyl sites for hydroxylation is 1. The monoisotopic (exact) mass is 312 g/mol. The van der Waals surface area contributed by atoms with Crippen LogP contribution in [-0.4, -0.2) is 37.1 Å². The highest BCUT2D eigenvalue weighted by atomic mass is 32.2. The fourth-order valence-corrected chi connectivity index (χ4v) is 3.80. The van der Waals surface area contributed by atoms with Gasteiger partial charge in [0.05, 0.1) is 16.9 Å². The molecule has 0 amide bonds. The topological polar surface area (TPSA) is 80.7 Å². The molecule has 1 aliphatic rings. The van der Waals surface area contributed by atoms with Crippen molar-refractivity contribution in [3.8, 4) is 5.75 Å². The average molecular weight is 312 g/mol. The molecule has 2 atom stereocenters. The van der Waals surface area contributed by atoms with Crippen LogP contribution in [0.5, 0.6) is 5.75 Å². The van der Waals surface area contributed by atoms with Gasteiger partial charge in [0, 0.05) is 12.7 Å². The number of benzene rings is 1. The van der Waals surface area contributed by atoms with Crippen LogP contribution in [-0.2, 0) is 9.84 Å². The van der Waals surface area contributed by atoms with Crippen LogP contribution < -0.4 is 4.74 Å². The molecule has 6 heteroatoms. The summed E-state index contributed by atoms with van der Waals surface area (Å²) >= 11 is 0. The van der Waals surface area contributed by atoms with Gasteiger partial charge in [-0.15, -0.1) is 0 Å². The van der Waals surface area contributed by atoms with Gasteiger partial charge in [-0.05, 0) is 43.9 Å². The van der Waals surface area contributed by atoms with Gasteiger partial charge in [-0.2, -0.15) is 0 Å². The molecule has 0 aliphatic heterocycles. The van der Waals surface area contributed by atoms with E-state index < -0.39 is 15.8 Å². The first-order valence-electron chi connectivity index (χ1n) is 6.97. The average Bonchev–Trinajstić information content (AvgIpc) is 2.40. The minimum absolute atomic E-state index is 0.172. The number of aromatic carboxylic acids is 1. The van der Waals surface area contributed by atoms with Crippen molar-refractivity contribution < 1.29 is 23.1 Å². The number of hydrogen-bond acceptors (Lipinski definition) is 4. The highest BCUT2D eigenvalue weighted by Crippen LogP contribution is 2.29. The second-order valence-corrected chi connectivity index (χ2v) is 7.97. The molecule has 0 heterocycles. The number of carboxylic acid groups (broad SMARTS) is 1. The van der Waals surface area contributed by atoms with Crippen LogP contribution in [0.3, 0.4) is 0 Å². The maximum Gasteiger partial charge on any atom is 0.335 e. The molecule has 1 aromatic rings. The molecule has 0 radical (unpaired) electrons. The summed E-state index contributed by atoms with van der Waals surface area (Å²) in [4.78, 5) is 11.0. The molecule has 2 rings (SSSR count). The molecule has 2 unspecified atom stereocenters. The van der Waals surface area contributed by atoms with Crippen LogP contribution in [0.2, 0.25) is 0 Å². The lowest BCUT2D eigenvalue weighted by molar-refractivity contribution is 0.0695. The Kier molecular flexibility index (Phi) is 4.56. The Morgan fingerprint density at radius 3 is 2.67 bits per heavy atom. The summed E-state index contributed by atoms with van der Waals surface area (Å²) in [5, 5.41) is 8.66. The summed E-state index contributed by atoms with van der Waals surface area (Å²) in [5.41, 5.74) is 1.02. The lowest BCUT2D eigenvalue weighted by atomic mass is 9.97. The minimum Gasteiger partial charge on any atom is -0.490 e. The summed E-state index contributed by atoms with van der Waals surface area (Å²) in [6.07, 6.45) is 3.82. The summed E-state index contributed by atoms with van der Waals surface area (Å²) in [6.45, 7) is 1.85. The van der Waals surface area contributed by atoms with E-state index in [0.29, 0.717) is 18.6 Å². The third-order valence-corrected chi connectivity index (χ3v) is 5.55. The first kappa shape index (κ1) is 15.8. The molecule has 0 spiro atoms. The van der Waals surface area contributed by atoms with Gasteiger partial charge in [0.2, 0.25) is 0 Å². The molecule has 0 bridgehead atoms. The van der Waals surface area contributed by atoms with Crippen molar-refractivity contribution in [3.63, 3.8) is 0 Å². The maximum absolute atomic E-state index is 11.7. The van der Waals surface area contributed by atoms with Crippen molar-refractivity contribution in [2.45, 2.75) is 44.0 Å². The Labute approximate surface area is 124 Å². The van der Waals surface area contributed by atoms with Crippen molar-refractivity contribution in [2.24, 2.45) is 0 Å². The molecule has 1 aliphatic carbocycles. The Morgan fingerprint density at radius 2 is 2.05 bits per heavy atom. The second kappa shape index (κ2) is 6.05. The predicted molar refractivity (Wildman–Crippen MR) is 79.7 cm³/mol. The smallest absolute Gasteiger partial charge is 0.335 e. The maximum atomic E-state index is 11.7. The summed E-state index contributed by atoms with van der Waals surface area (Å²) in [7, 11) is -3.06. The zero-order valence-electron chi connectivity index (χ0n) is 12.2. The minimum atomic E-state index is -3.06. The van der Waals surface area contributed by atoms with Gasteiger partial charge in [-0.3, -0.25) is 0 Å². The first-order chi connectivity index (χ1) is 9.77. The molecular formula is C15H20O5S. The van der Waals surface area contributed by atoms with E-state index >= 15 is 0 Å². The van der Waals surface area contributed by atoms with Gasteiger partial charge < -0.3 is 9.84 Å². The Bertz CT molecular complexity index is 635. The number of carbonyl (C=O) groups is 1. The molecule has 116 valence electrons. The van der Waals surface area contributed by atoms with Gasteiger partial charge in [0.25, 0.3) is 0 Å². The molecule has 5 nitrogen and oxygen atoms in total.